The second-order valence-corrected chi connectivity index (χ2v) is 6.36. The molecule has 0 radical (unpaired) electrons. The van der Waals surface area contributed by atoms with Crippen LogP contribution in [0.2, 0.25) is 0 Å². The Hall–Kier alpha value is -1.27. The first-order valence-electron chi connectivity index (χ1n) is 7.11. The van der Waals surface area contributed by atoms with Gasteiger partial charge in [-0.05, 0) is 52.4 Å². The molecule has 1 rings (SSSR count). The van der Waals surface area contributed by atoms with Crippen molar-refractivity contribution >= 4 is 12.3 Å². The molecule has 1 saturated carbocycles. The molecule has 1 fully saturated rings. The fourth-order valence-corrected chi connectivity index (χ4v) is 2.19. The van der Waals surface area contributed by atoms with Crippen molar-refractivity contribution in [2.45, 2.75) is 64.3 Å². The van der Waals surface area contributed by atoms with Crippen LogP contribution in [0.1, 0.15) is 46.5 Å². The van der Waals surface area contributed by atoms with E-state index in [1.807, 2.05) is 0 Å². The van der Waals surface area contributed by atoms with Gasteiger partial charge in [0.2, 0.25) is 0 Å². The van der Waals surface area contributed by atoms with Crippen LogP contribution >= 0.6 is 0 Å². The molecule has 0 aromatic carbocycles. The maximum atomic E-state index is 12.0. The van der Waals surface area contributed by atoms with Crippen LogP contribution in [0.4, 0.5) is 18.0 Å². The predicted octanol–water partition coefficient (Wildman–Crippen LogP) is 3.70. The molecule has 1 N–H and O–H groups in total. The standard InChI is InChI=1S/C14H23F3N2O2/c1-13(2,3)21-12(20)19-11-6-4-10(5-7-11)8-18-9-14(15,16)17/h8,10-11H,4-7,9H2,1-3H3,(H,19,20). The van der Waals surface area contributed by atoms with Crippen LogP contribution in [0.3, 0.4) is 0 Å². The smallest absolute Gasteiger partial charge is 0.407 e. The summed E-state index contributed by atoms with van der Waals surface area (Å²) < 4.78 is 41.1. The molecular weight excluding hydrogens is 285 g/mol. The summed E-state index contributed by atoms with van der Waals surface area (Å²) in [4.78, 5) is 15.0. The minimum atomic E-state index is -4.24. The molecule has 1 amide bonds. The zero-order valence-corrected chi connectivity index (χ0v) is 12.7. The Balaban J connectivity index is 2.28. The number of alkyl halides is 3. The lowest BCUT2D eigenvalue weighted by Crippen LogP contribution is -2.41. The first-order valence-corrected chi connectivity index (χ1v) is 7.11. The normalized spacial score (nSPS) is 24.1. The monoisotopic (exact) mass is 308 g/mol. The van der Waals surface area contributed by atoms with Crippen molar-refractivity contribution in [1.82, 2.24) is 5.32 Å². The maximum absolute atomic E-state index is 12.0. The molecule has 1 aliphatic rings. The molecule has 0 aromatic heterocycles. The third-order valence-corrected chi connectivity index (χ3v) is 3.08. The molecule has 0 unspecified atom stereocenters. The zero-order valence-electron chi connectivity index (χ0n) is 12.7. The Morgan fingerprint density at radius 1 is 1.24 bits per heavy atom. The van der Waals surface area contributed by atoms with E-state index in [-0.39, 0.29) is 12.0 Å². The number of nitrogens with zero attached hydrogens (tertiary/aromatic N) is 1. The first kappa shape index (κ1) is 17.8. The number of rotatable bonds is 3. The third-order valence-electron chi connectivity index (χ3n) is 3.08. The van der Waals surface area contributed by atoms with Crippen LogP contribution in [-0.2, 0) is 4.74 Å². The number of amides is 1. The van der Waals surface area contributed by atoms with Gasteiger partial charge in [0, 0.05) is 12.3 Å². The van der Waals surface area contributed by atoms with Crippen molar-refractivity contribution in [3.05, 3.63) is 0 Å². The molecule has 7 heteroatoms. The number of carbonyl (C=O) groups is 1. The summed E-state index contributed by atoms with van der Waals surface area (Å²) in [7, 11) is 0. The SMILES string of the molecule is CC(C)(C)OC(=O)NC1CCC(C=NCC(F)(F)F)CC1. The lowest BCUT2D eigenvalue weighted by Gasteiger charge is -2.28. The number of alkyl carbamates (subject to hydrolysis) is 1. The summed E-state index contributed by atoms with van der Waals surface area (Å²) in [5.41, 5.74) is -0.536. The topological polar surface area (TPSA) is 50.7 Å². The van der Waals surface area contributed by atoms with Crippen LogP contribution in [0.15, 0.2) is 4.99 Å². The summed E-state index contributed by atoms with van der Waals surface area (Å²) >= 11 is 0. The lowest BCUT2D eigenvalue weighted by atomic mass is 9.87. The zero-order chi connectivity index (χ0) is 16.1. The molecule has 1 aliphatic carbocycles. The quantitative estimate of drug-likeness (QED) is 0.808. The van der Waals surface area contributed by atoms with Gasteiger partial charge < -0.3 is 10.1 Å². The van der Waals surface area contributed by atoms with Crippen LogP contribution in [0, 0.1) is 5.92 Å². The summed E-state index contributed by atoms with van der Waals surface area (Å²) in [6, 6.07) is 0.0205. The largest absolute Gasteiger partial charge is 0.444 e. The van der Waals surface area contributed by atoms with Crippen molar-refractivity contribution in [2.75, 3.05) is 6.54 Å². The molecule has 0 saturated heterocycles. The van der Waals surface area contributed by atoms with Gasteiger partial charge in [0.15, 0.2) is 0 Å². The summed E-state index contributed by atoms with van der Waals surface area (Å²) in [6.45, 7) is 4.25. The average Bonchev–Trinajstić information content (AvgIpc) is 2.27. The molecule has 21 heavy (non-hydrogen) atoms. The van der Waals surface area contributed by atoms with E-state index >= 15 is 0 Å². The van der Waals surface area contributed by atoms with E-state index in [1.54, 1.807) is 20.8 Å². The number of hydrogen-bond acceptors (Lipinski definition) is 3. The molecule has 0 aromatic rings. The molecular formula is C14H23F3N2O2. The predicted molar refractivity (Wildman–Crippen MR) is 74.5 cm³/mol. The number of ether oxygens (including phenoxy) is 1. The first-order chi connectivity index (χ1) is 9.55. The van der Waals surface area contributed by atoms with Gasteiger partial charge in [-0.2, -0.15) is 13.2 Å². The second kappa shape index (κ2) is 7.13. The lowest BCUT2D eigenvalue weighted by molar-refractivity contribution is -0.118. The van der Waals surface area contributed by atoms with Gasteiger partial charge in [0.1, 0.15) is 12.1 Å². The van der Waals surface area contributed by atoms with E-state index < -0.39 is 24.4 Å². The van der Waals surface area contributed by atoms with Gasteiger partial charge in [0.05, 0.1) is 0 Å². The van der Waals surface area contributed by atoms with E-state index in [0.29, 0.717) is 0 Å². The highest BCUT2D eigenvalue weighted by Gasteiger charge is 2.27. The van der Waals surface area contributed by atoms with E-state index in [0.717, 1.165) is 25.7 Å². The highest BCUT2D eigenvalue weighted by atomic mass is 19.4. The number of aliphatic imine (C=N–C) groups is 1. The minimum Gasteiger partial charge on any atom is -0.444 e. The van der Waals surface area contributed by atoms with E-state index in [1.165, 1.54) is 6.21 Å². The highest BCUT2D eigenvalue weighted by molar-refractivity contribution is 5.68. The number of halogens is 3. The van der Waals surface area contributed by atoms with Crippen molar-refractivity contribution in [1.29, 1.82) is 0 Å². The molecule has 0 atom stereocenters. The van der Waals surface area contributed by atoms with Crippen LogP contribution in [0.5, 0.6) is 0 Å². The Kier molecular flexibility index (Phi) is 6.04. The number of hydrogen-bond donors (Lipinski definition) is 1. The third kappa shape index (κ3) is 8.57. The Morgan fingerprint density at radius 2 is 1.81 bits per heavy atom. The van der Waals surface area contributed by atoms with Gasteiger partial charge >= 0.3 is 12.3 Å². The van der Waals surface area contributed by atoms with Crippen LogP contribution in [0.25, 0.3) is 0 Å². The Morgan fingerprint density at radius 3 is 2.29 bits per heavy atom. The maximum Gasteiger partial charge on any atom is 0.407 e. The van der Waals surface area contributed by atoms with Crippen LogP contribution in [-0.4, -0.2) is 36.7 Å². The molecule has 0 aliphatic heterocycles. The Bertz CT molecular complexity index is 367. The minimum absolute atomic E-state index is 0.0205. The van der Waals surface area contributed by atoms with Gasteiger partial charge in [-0.3, -0.25) is 4.99 Å². The van der Waals surface area contributed by atoms with Crippen molar-refractivity contribution < 1.29 is 22.7 Å². The van der Waals surface area contributed by atoms with E-state index in [2.05, 4.69) is 10.3 Å². The van der Waals surface area contributed by atoms with Gasteiger partial charge in [-0.25, -0.2) is 4.79 Å². The molecule has 122 valence electrons. The number of nitrogens with one attached hydrogen (secondary N) is 1. The number of carbonyl (C=O) groups excluding carboxylic acids is 1. The van der Waals surface area contributed by atoms with E-state index in [4.69, 9.17) is 4.74 Å². The summed E-state index contributed by atoms with van der Waals surface area (Å²) in [5.74, 6) is 0.0593. The van der Waals surface area contributed by atoms with Crippen molar-refractivity contribution in [2.24, 2.45) is 10.9 Å². The van der Waals surface area contributed by atoms with Gasteiger partial charge in [-0.1, -0.05) is 0 Å². The van der Waals surface area contributed by atoms with Crippen LogP contribution < -0.4 is 5.32 Å². The fourth-order valence-electron chi connectivity index (χ4n) is 2.19. The molecule has 4 nitrogen and oxygen atoms in total. The van der Waals surface area contributed by atoms with Crippen molar-refractivity contribution in [3.8, 4) is 0 Å². The van der Waals surface area contributed by atoms with E-state index in [9.17, 15) is 18.0 Å². The highest BCUT2D eigenvalue weighted by Crippen LogP contribution is 2.24. The molecule has 0 spiro atoms. The van der Waals surface area contributed by atoms with Gasteiger partial charge in [-0.15, -0.1) is 0 Å². The summed E-state index contributed by atoms with van der Waals surface area (Å²) in [6.07, 6.45) is -0.395. The summed E-state index contributed by atoms with van der Waals surface area (Å²) in [5, 5.41) is 2.79. The average molecular weight is 308 g/mol. The fraction of sp³-hybridized carbons (Fsp3) is 0.857. The Labute approximate surface area is 123 Å². The van der Waals surface area contributed by atoms with Crippen molar-refractivity contribution in [3.63, 3.8) is 0 Å². The van der Waals surface area contributed by atoms with Gasteiger partial charge in [0.25, 0.3) is 0 Å². The molecule has 0 bridgehead atoms. The molecule has 0 heterocycles. The second-order valence-electron chi connectivity index (χ2n) is 6.36.